The molecule has 2 bridgehead atoms. The first-order chi connectivity index (χ1) is 16.7. The van der Waals surface area contributed by atoms with E-state index in [0.29, 0.717) is 11.4 Å². The number of halogens is 2. The van der Waals surface area contributed by atoms with Gasteiger partial charge in [-0.25, -0.2) is 14.4 Å². The van der Waals surface area contributed by atoms with Crippen molar-refractivity contribution < 1.29 is 22.7 Å². The molecule has 4 heterocycles. The second-order valence-electron chi connectivity index (χ2n) is 8.76. The number of aliphatic hydroxyl groups excluding tert-OH is 1. The Balaban J connectivity index is 1.39. The molecule has 1 aromatic carbocycles. The van der Waals surface area contributed by atoms with E-state index in [1.165, 1.54) is 30.3 Å². The Morgan fingerprint density at radius 3 is 2.71 bits per heavy atom. The van der Waals surface area contributed by atoms with Gasteiger partial charge in [0.15, 0.2) is 5.03 Å². The fourth-order valence-electron chi connectivity index (χ4n) is 4.75. The van der Waals surface area contributed by atoms with E-state index in [1.54, 1.807) is 25.1 Å². The highest BCUT2D eigenvalue weighted by Gasteiger charge is 2.48. The van der Waals surface area contributed by atoms with Crippen LogP contribution in [0.3, 0.4) is 0 Å². The Morgan fingerprint density at radius 1 is 1.11 bits per heavy atom. The average molecular weight is 519 g/mol. The number of nitrogens with one attached hydrogen (secondary N) is 2. The van der Waals surface area contributed by atoms with Gasteiger partial charge >= 0.3 is 0 Å². The molecule has 2 saturated heterocycles. The summed E-state index contributed by atoms with van der Waals surface area (Å²) in [5.41, 5.74) is 1.47. The number of sulfonamides is 1. The van der Waals surface area contributed by atoms with Gasteiger partial charge in [0.05, 0.1) is 35.6 Å². The van der Waals surface area contributed by atoms with Crippen molar-refractivity contribution in [2.24, 2.45) is 5.92 Å². The molecule has 0 amide bonds. The molecule has 0 spiro atoms. The van der Waals surface area contributed by atoms with E-state index in [2.05, 4.69) is 20.0 Å². The van der Waals surface area contributed by atoms with E-state index in [0.717, 1.165) is 18.4 Å². The number of aryl methyl sites for hydroxylation is 1. The molecule has 0 unspecified atom stereocenters. The summed E-state index contributed by atoms with van der Waals surface area (Å²) in [5.74, 6) is -0.133. The van der Waals surface area contributed by atoms with Crippen molar-refractivity contribution >= 4 is 33.3 Å². The number of nitrogens with zero attached hydrogens (tertiary/aromatic N) is 2. The van der Waals surface area contributed by atoms with Crippen LogP contribution < -0.4 is 10.0 Å². The predicted molar refractivity (Wildman–Crippen MR) is 130 cm³/mol. The predicted octanol–water partition coefficient (Wildman–Crippen LogP) is 4.00. The minimum Gasteiger partial charge on any atom is -0.396 e. The Bertz CT molecular complexity index is 1370. The monoisotopic (exact) mass is 518 g/mol. The summed E-state index contributed by atoms with van der Waals surface area (Å²) in [6.45, 7) is 1.77. The number of fused-ring (bicyclic) bond motifs is 2. The van der Waals surface area contributed by atoms with E-state index in [1.807, 2.05) is 0 Å². The number of anilines is 2. The number of aliphatic hydroxyl groups is 1. The van der Waals surface area contributed by atoms with Crippen molar-refractivity contribution in [3.8, 4) is 11.3 Å². The Morgan fingerprint density at radius 2 is 1.91 bits per heavy atom. The van der Waals surface area contributed by atoms with Crippen LogP contribution in [0.5, 0.6) is 0 Å². The van der Waals surface area contributed by atoms with Crippen LogP contribution in [0.4, 0.5) is 16.0 Å². The molecule has 184 valence electrons. The molecule has 0 aliphatic carbocycles. The highest BCUT2D eigenvalue weighted by Crippen LogP contribution is 2.40. The van der Waals surface area contributed by atoms with E-state index in [4.69, 9.17) is 16.3 Å². The van der Waals surface area contributed by atoms with Crippen molar-refractivity contribution in [2.45, 2.75) is 43.0 Å². The first-order valence-corrected chi connectivity index (χ1v) is 13.1. The Hall–Kier alpha value is -2.79. The highest BCUT2D eigenvalue weighted by molar-refractivity contribution is 7.92. The Kier molecular flexibility index (Phi) is 6.39. The van der Waals surface area contributed by atoms with Crippen LogP contribution in [0.2, 0.25) is 5.02 Å². The number of aromatic nitrogens is 2. The second kappa shape index (κ2) is 9.34. The lowest BCUT2D eigenvalue weighted by Crippen LogP contribution is -2.40. The van der Waals surface area contributed by atoms with Crippen LogP contribution in [-0.2, 0) is 14.8 Å². The van der Waals surface area contributed by atoms with Gasteiger partial charge in [0.1, 0.15) is 17.5 Å². The molecule has 0 radical (unpaired) electrons. The summed E-state index contributed by atoms with van der Waals surface area (Å²) in [6.07, 6.45) is 1.75. The van der Waals surface area contributed by atoms with Gasteiger partial charge in [0, 0.05) is 11.5 Å². The van der Waals surface area contributed by atoms with Gasteiger partial charge in [0.25, 0.3) is 10.0 Å². The van der Waals surface area contributed by atoms with Gasteiger partial charge < -0.3 is 15.2 Å². The lowest BCUT2D eigenvalue weighted by molar-refractivity contribution is 0.0793. The Labute approximate surface area is 207 Å². The lowest BCUT2D eigenvalue weighted by Gasteiger charge is -2.27. The molecule has 2 fully saturated rings. The number of benzene rings is 1. The molecule has 8 nitrogen and oxygen atoms in total. The zero-order valence-electron chi connectivity index (χ0n) is 18.8. The number of pyridine rings is 2. The van der Waals surface area contributed by atoms with Gasteiger partial charge in [-0.2, -0.15) is 8.42 Å². The standard InChI is InChI=1S/C24H24ClFN4O4S/c1-13-5-6-14(26)11-15(13)23-17(25)7-10-21(29-23)30-35(32,33)22-4-2-3-20(27-22)28-24-16(12-31)18-8-9-19(24)34-18/h2-7,10-11,16,18-19,24,31H,8-9,12H2,1H3,(H,27,28)(H,29,30)/t16-,18-,19+,24-/m1/s1. The highest BCUT2D eigenvalue weighted by atomic mass is 35.5. The molecule has 0 saturated carbocycles. The smallest absolute Gasteiger partial charge is 0.280 e. The largest absolute Gasteiger partial charge is 0.396 e. The molecule has 35 heavy (non-hydrogen) atoms. The SMILES string of the molecule is Cc1ccc(F)cc1-c1nc(NS(=O)(=O)c2cccc(N[C@@H]3[C@H](CO)[C@H]4CC[C@@H]3O4)n2)ccc1Cl. The summed E-state index contributed by atoms with van der Waals surface area (Å²) in [6, 6.07) is 11.7. The molecule has 2 aliphatic rings. The van der Waals surface area contributed by atoms with Crippen LogP contribution in [0.25, 0.3) is 11.3 Å². The minimum absolute atomic E-state index is 0.00276. The van der Waals surface area contributed by atoms with Gasteiger partial charge in [-0.3, -0.25) is 4.72 Å². The number of rotatable bonds is 7. The minimum atomic E-state index is -4.09. The van der Waals surface area contributed by atoms with Gasteiger partial charge in [0.2, 0.25) is 0 Å². The second-order valence-corrected chi connectivity index (χ2v) is 10.8. The number of ether oxygens (including phenoxy) is 1. The summed E-state index contributed by atoms with van der Waals surface area (Å²) < 4.78 is 48.3. The molecular formula is C24H24ClFN4O4S. The third-order valence-corrected chi connectivity index (χ3v) is 8.05. The van der Waals surface area contributed by atoms with E-state index >= 15 is 0 Å². The van der Waals surface area contributed by atoms with Crippen molar-refractivity contribution in [1.82, 2.24) is 9.97 Å². The molecular weight excluding hydrogens is 495 g/mol. The van der Waals surface area contributed by atoms with Crippen LogP contribution >= 0.6 is 11.6 Å². The molecule has 3 aromatic rings. The van der Waals surface area contributed by atoms with Gasteiger partial charge in [-0.1, -0.05) is 23.7 Å². The fourth-order valence-corrected chi connectivity index (χ4v) is 5.93. The zero-order valence-corrected chi connectivity index (χ0v) is 20.4. The number of hydrogen-bond donors (Lipinski definition) is 3. The molecule has 3 N–H and O–H groups in total. The topological polar surface area (TPSA) is 113 Å². The van der Waals surface area contributed by atoms with E-state index in [-0.39, 0.29) is 52.3 Å². The lowest BCUT2D eigenvalue weighted by atomic mass is 9.85. The first-order valence-electron chi connectivity index (χ1n) is 11.2. The maximum atomic E-state index is 13.8. The van der Waals surface area contributed by atoms with E-state index < -0.39 is 15.8 Å². The third kappa shape index (κ3) is 4.71. The van der Waals surface area contributed by atoms with Crippen molar-refractivity contribution in [3.05, 3.63) is 64.9 Å². The average Bonchev–Trinajstić information content (AvgIpc) is 3.44. The third-order valence-electron chi connectivity index (χ3n) is 6.49. The van der Waals surface area contributed by atoms with Crippen LogP contribution in [0.1, 0.15) is 18.4 Å². The first kappa shape index (κ1) is 23.9. The van der Waals surface area contributed by atoms with Crippen molar-refractivity contribution in [1.29, 1.82) is 0 Å². The van der Waals surface area contributed by atoms with Gasteiger partial charge in [-0.15, -0.1) is 0 Å². The molecule has 2 aromatic heterocycles. The molecule has 4 atom stereocenters. The van der Waals surface area contributed by atoms with E-state index in [9.17, 15) is 17.9 Å². The fraction of sp³-hybridized carbons (Fsp3) is 0.333. The zero-order chi connectivity index (χ0) is 24.7. The summed E-state index contributed by atoms with van der Waals surface area (Å²) in [4.78, 5) is 8.61. The normalized spacial score (nSPS) is 23.4. The molecule has 2 aliphatic heterocycles. The molecule has 5 rings (SSSR count). The van der Waals surface area contributed by atoms with Crippen LogP contribution in [0.15, 0.2) is 53.6 Å². The van der Waals surface area contributed by atoms with Gasteiger partial charge in [-0.05, 0) is 61.7 Å². The molecule has 11 heteroatoms. The van der Waals surface area contributed by atoms with Crippen molar-refractivity contribution in [3.63, 3.8) is 0 Å². The maximum absolute atomic E-state index is 13.8. The number of hydrogen-bond acceptors (Lipinski definition) is 7. The quantitative estimate of drug-likeness (QED) is 0.433. The summed E-state index contributed by atoms with van der Waals surface area (Å²) >= 11 is 6.28. The summed E-state index contributed by atoms with van der Waals surface area (Å²) in [5, 5.41) is 13.1. The maximum Gasteiger partial charge on any atom is 0.280 e. The van der Waals surface area contributed by atoms with Crippen LogP contribution in [0, 0.1) is 18.7 Å². The summed E-state index contributed by atoms with van der Waals surface area (Å²) in [7, 11) is -4.09. The van der Waals surface area contributed by atoms with Crippen molar-refractivity contribution in [2.75, 3.05) is 16.6 Å². The van der Waals surface area contributed by atoms with Crippen LogP contribution in [-0.4, -0.2) is 48.3 Å².